The Morgan fingerprint density at radius 2 is 1.74 bits per heavy atom. The summed E-state index contributed by atoms with van der Waals surface area (Å²) in [5.74, 6) is 0.721. The van der Waals surface area contributed by atoms with E-state index in [4.69, 9.17) is 0 Å². The van der Waals surface area contributed by atoms with Gasteiger partial charge < -0.3 is 10.2 Å². The summed E-state index contributed by atoms with van der Waals surface area (Å²) in [6.07, 6.45) is 4.24. The van der Waals surface area contributed by atoms with Gasteiger partial charge in [-0.25, -0.2) is 15.0 Å². The Balaban J connectivity index is 1.78. The van der Waals surface area contributed by atoms with Crippen LogP contribution in [0.25, 0.3) is 11.4 Å². The van der Waals surface area contributed by atoms with Crippen molar-refractivity contribution >= 4 is 5.69 Å². The van der Waals surface area contributed by atoms with E-state index in [1.165, 1.54) is 24.8 Å². The van der Waals surface area contributed by atoms with E-state index >= 15 is 0 Å². The van der Waals surface area contributed by atoms with Crippen LogP contribution in [-0.4, -0.2) is 41.1 Å². The minimum atomic E-state index is 0.721. The molecule has 1 aliphatic rings. The SMILES string of the molecule is c1ncnc(-c2ccc(N3CCCNCC3)cc2)n1. The van der Waals surface area contributed by atoms with E-state index in [1.807, 2.05) is 0 Å². The van der Waals surface area contributed by atoms with Crippen molar-refractivity contribution in [3.63, 3.8) is 0 Å². The standard InChI is InChI=1S/C14H17N5/c1-6-15-7-9-19(8-1)13-4-2-12(3-5-13)14-17-10-16-11-18-14/h2-5,10-11,15H,1,6-9H2. The van der Waals surface area contributed by atoms with E-state index in [-0.39, 0.29) is 0 Å². The number of hydrogen-bond donors (Lipinski definition) is 1. The Hall–Kier alpha value is -2.01. The fourth-order valence-corrected chi connectivity index (χ4v) is 2.31. The average Bonchev–Trinajstić information content (AvgIpc) is 2.77. The highest BCUT2D eigenvalue weighted by atomic mass is 15.2. The van der Waals surface area contributed by atoms with Crippen LogP contribution < -0.4 is 10.2 Å². The summed E-state index contributed by atoms with van der Waals surface area (Å²) in [4.78, 5) is 14.6. The summed E-state index contributed by atoms with van der Waals surface area (Å²) < 4.78 is 0. The molecule has 0 atom stereocenters. The van der Waals surface area contributed by atoms with Crippen LogP contribution in [0.1, 0.15) is 6.42 Å². The molecule has 2 aromatic rings. The highest BCUT2D eigenvalue weighted by molar-refractivity contribution is 5.60. The summed E-state index contributed by atoms with van der Waals surface area (Å²) >= 11 is 0. The monoisotopic (exact) mass is 255 g/mol. The number of benzene rings is 1. The molecule has 19 heavy (non-hydrogen) atoms. The molecule has 1 N–H and O–H groups in total. The van der Waals surface area contributed by atoms with E-state index in [0.29, 0.717) is 0 Å². The van der Waals surface area contributed by atoms with Crippen molar-refractivity contribution in [2.24, 2.45) is 0 Å². The highest BCUT2D eigenvalue weighted by Gasteiger charge is 2.09. The molecule has 3 rings (SSSR count). The zero-order chi connectivity index (χ0) is 12.9. The topological polar surface area (TPSA) is 53.9 Å². The molecular weight excluding hydrogens is 238 g/mol. The lowest BCUT2D eigenvalue weighted by Gasteiger charge is -2.22. The van der Waals surface area contributed by atoms with Crippen molar-refractivity contribution < 1.29 is 0 Å². The van der Waals surface area contributed by atoms with E-state index < -0.39 is 0 Å². The van der Waals surface area contributed by atoms with E-state index in [0.717, 1.165) is 37.6 Å². The number of nitrogens with one attached hydrogen (secondary N) is 1. The predicted octanol–water partition coefficient (Wildman–Crippen LogP) is 1.34. The molecular formula is C14H17N5. The third-order valence-corrected chi connectivity index (χ3v) is 3.32. The molecule has 1 aliphatic heterocycles. The maximum absolute atomic E-state index is 4.16. The van der Waals surface area contributed by atoms with Gasteiger partial charge >= 0.3 is 0 Å². The van der Waals surface area contributed by atoms with Crippen LogP contribution in [0.2, 0.25) is 0 Å². The van der Waals surface area contributed by atoms with Gasteiger partial charge in [0, 0.05) is 30.9 Å². The largest absolute Gasteiger partial charge is 0.370 e. The Morgan fingerprint density at radius 3 is 2.53 bits per heavy atom. The van der Waals surface area contributed by atoms with Gasteiger partial charge in [-0.3, -0.25) is 0 Å². The summed E-state index contributed by atoms with van der Waals surface area (Å²) in [7, 11) is 0. The van der Waals surface area contributed by atoms with E-state index in [2.05, 4.69) is 49.4 Å². The number of nitrogens with zero attached hydrogens (tertiary/aromatic N) is 4. The fourth-order valence-electron chi connectivity index (χ4n) is 2.31. The zero-order valence-corrected chi connectivity index (χ0v) is 10.8. The maximum Gasteiger partial charge on any atom is 0.162 e. The van der Waals surface area contributed by atoms with Crippen molar-refractivity contribution in [1.29, 1.82) is 0 Å². The molecule has 5 nitrogen and oxygen atoms in total. The molecule has 98 valence electrons. The lowest BCUT2D eigenvalue weighted by atomic mass is 10.2. The molecule has 0 spiro atoms. The Bertz CT molecular complexity index is 503. The average molecular weight is 255 g/mol. The van der Waals surface area contributed by atoms with Gasteiger partial charge in [-0.15, -0.1) is 0 Å². The number of rotatable bonds is 2. The quantitative estimate of drug-likeness (QED) is 0.877. The van der Waals surface area contributed by atoms with Gasteiger partial charge in [0.25, 0.3) is 0 Å². The molecule has 1 aromatic heterocycles. The minimum absolute atomic E-state index is 0.721. The first-order valence-corrected chi connectivity index (χ1v) is 6.61. The Kier molecular flexibility index (Phi) is 3.65. The van der Waals surface area contributed by atoms with Gasteiger partial charge in [0.1, 0.15) is 12.7 Å². The third kappa shape index (κ3) is 2.88. The summed E-state index contributed by atoms with van der Waals surface area (Å²) in [6, 6.07) is 8.43. The number of hydrogen-bond acceptors (Lipinski definition) is 5. The Morgan fingerprint density at radius 1 is 0.947 bits per heavy atom. The van der Waals surface area contributed by atoms with Gasteiger partial charge in [-0.2, -0.15) is 0 Å². The molecule has 0 unspecified atom stereocenters. The molecule has 1 fully saturated rings. The summed E-state index contributed by atoms with van der Waals surface area (Å²) in [5.41, 5.74) is 2.29. The molecule has 0 saturated carbocycles. The van der Waals surface area contributed by atoms with Crippen molar-refractivity contribution in [1.82, 2.24) is 20.3 Å². The van der Waals surface area contributed by atoms with Gasteiger partial charge in [-0.1, -0.05) is 0 Å². The van der Waals surface area contributed by atoms with Crippen molar-refractivity contribution in [3.8, 4) is 11.4 Å². The first-order valence-electron chi connectivity index (χ1n) is 6.61. The van der Waals surface area contributed by atoms with E-state index in [9.17, 15) is 0 Å². The van der Waals surface area contributed by atoms with Crippen LogP contribution in [0.5, 0.6) is 0 Å². The van der Waals surface area contributed by atoms with Crippen molar-refractivity contribution in [2.75, 3.05) is 31.1 Å². The van der Waals surface area contributed by atoms with E-state index in [1.54, 1.807) is 0 Å². The molecule has 0 radical (unpaired) electrons. The number of aromatic nitrogens is 3. The zero-order valence-electron chi connectivity index (χ0n) is 10.8. The van der Waals surface area contributed by atoms with Gasteiger partial charge in [0.2, 0.25) is 0 Å². The molecule has 0 aliphatic carbocycles. The normalized spacial score (nSPS) is 16.1. The van der Waals surface area contributed by atoms with Gasteiger partial charge in [-0.05, 0) is 37.2 Å². The van der Waals surface area contributed by atoms with Crippen molar-refractivity contribution in [2.45, 2.75) is 6.42 Å². The van der Waals surface area contributed by atoms with Gasteiger partial charge in [0.05, 0.1) is 0 Å². The molecule has 5 heteroatoms. The maximum atomic E-state index is 4.16. The van der Waals surface area contributed by atoms with Crippen LogP contribution in [0.15, 0.2) is 36.9 Å². The van der Waals surface area contributed by atoms with Crippen molar-refractivity contribution in [3.05, 3.63) is 36.9 Å². The fraction of sp³-hybridized carbons (Fsp3) is 0.357. The van der Waals surface area contributed by atoms with Crippen LogP contribution >= 0.6 is 0 Å². The smallest absolute Gasteiger partial charge is 0.162 e. The molecule has 1 saturated heterocycles. The Labute approximate surface area is 112 Å². The first kappa shape index (κ1) is 12.0. The highest BCUT2D eigenvalue weighted by Crippen LogP contribution is 2.20. The predicted molar refractivity (Wildman–Crippen MR) is 75.0 cm³/mol. The molecule has 0 amide bonds. The lowest BCUT2D eigenvalue weighted by Crippen LogP contribution is -2.27. The summed E-state index contributed by atoms with van der Waals surface area (Å²) in [5, 5.41) is 3.42. The molecule has 0 bridgehead atoms. The number of anilines is 1. The minimum Gasteiger partial charge on any atom is -0.370 e. The van der Waals surface area contributed by atoms with Crippen LogP contribution in [0.4, 0.5) is 5.69 Å². The molecule has 1 aromatic carbocycles. The first-order chi connectivity index (χ1) is 9.43. The second-order valence-electron chi connectivity index (χ2n) is 4.60. The lowest BCUT2D eigenvalue weighted by molar-refractivity contribution is 0.724. The second-order valence-corrected chi connectivity index (χ2v) is 4.60. The van der Waals surface area contributed by atoms with Crippen LogP contribution in [0, 0.1) is 0 Å². The van der Waals surface area contributed by atoms with Gasteiger partial charge in [0.15, 0.2) is 5.82 Å². The van der Waals surface area contributed by atoms with Crippen LogP contribution in [0.3, 0.4) is 0 Å². The molecule has 2 heterocycles. The summed E-state index contributed by atoms with van der Waals surface area (Å²) in [6.45, 7) is 4.33. The van der Waals surface area contributed by atoms with Crippen LogP contribution in [-0.2, 0) is 0 Å². The third-order valence-electron chi connectivity index (χ3n) is 3.32. The second kappa shape index (κ2) is 5.75.